The van der Waals surface area contributed by atoms with Gasteiger partial charge >= 0.3 is 15.2 Å². The van der Waals surface area contributed by atoms with Crippen molar-refractivity contribution in [2.75, 3.05) is 32.3 Å². The first-order valence-corrected chi connectivity index (χ1v) is 19.7. The Balaban J connectivity index is 1.22. The molecule has 6 rings (SSSR count). The molecule has 272 valence electrons. The zero-order chi connectivity index (χ0) is 34.2. The minimum Gasteiger partial charge on any atom is -0.342 e. The van der Waals surface area contributed by atoms with Crippen LogP contribution >= 0.6 is 15.2 Å². The fraction of sp³-hybridized carbons (Fsp3) is 1.00. The van der Waals surface area contributed by atoms with Crippen molar-refractivity contribution in [3.8, 4) is 0 Å². The van der Waals surface area contributed by atoms with Crippen molar-refractivity contribution in [2.45, 2.75) is 154 Å². The van der Waals surface area contributed by atoms with E-state index in [0.29, 0.717) is 0 Å². The predicted molar refractivity (Wildman–Crippen MR) is 160 cm³/mol. The maximum Gasteiger partial charge on any atom is 0.342 e. The van der Waals surface area contributed by atoms with E-state index >= 15 is 0 Å². The molecule has 0 aromatic heterocycles. The van der Waals surface area contributed by atoms with Gasteiger partial charge in [0.15, 0.2) is 41.6 Å². The van der Waals surface area contributed by atoms with E-state index in [0.717, 1.165) is 0 Å². The van der Waals surface area contributed by atoms with Crippen molar-refractivity contribution in [2.24, 2.45) is 0 Å². The Hall–Kier alpha value is -0.100. The van der Waals surface area contributed by atoms with E-state index in [1.54, 1.807) is 69.2 Å². The lowest BCUT2D eigenvalue weighted by Crippen LogP contribution is -2.56. The normalized spacial score (nSPS) is 41.3. The van der Waals surface area contributed by atoms with Gasteiger partial charge in [-0.05, 0) is 69.2 Å². The zero-order valence-corrected chi connectivity index (χ0v) is 30.5. The molecular formula is C29H50O16P2. The van der Waals surface area contributed by atoms with Crippen molar-refractivity contribution in [1.29, 1.82) is 0 Å². The van der Waals surface area contributed by atoms with Crippen LogP contribution in [0, 0.1) is 0 Å². The van der Waals surface area contributed by atoms with Gasteiger partial charge < -0.3 is 65.5 Å². The smallest absolute Gasteiger partial charge is 0.342 e. The Morgan fingerprint density at radius 2 is 0.787 bits per heavy atom. The SMILES string of the molecule is CCOP(=O)(CP(=O)(OC[C@H]1O[C@@H]2OC(C)(C)O[C@@H]2[C@H]2OC(C)(C)O[C@H]21)OC[C@H]1O[C@@H]2OC(C)(C)O[C@@H]2[C@H]2OC(C)(C)O[C@H]21)OCC. The second kappa shape index (κ2) is 12.8. The van der Waals surface area contributed by atoms with Gasteiger partial charge in [0.2, 0.25) is 0 Å². The molecule has 0 aromatic carbocycles. The molecule has 0 spiro atoms. The topological polar surface area (TPSA) is 163 Å². The maximum absolute atomic E-state index is 14.6. The maximum atomic E-state index is 14.6. The van der Waals surface area contributed by atoms with E-state index in [1.165, 1.54) is 0 Å². The van der Waals surface area contributed by atoms with Gasteiger partial charge in [0.1, 0.15) is 48.8 Å². The van der Waals surface area contributed by atoms with Crippen molar-refractivity contribution in [3.63, 3.8) is 0 Å². The summed E-state index contributed by atoms with van der Waals surface area (Å²) in [6.45, 7) is 17.1. The molecule has 0 aromatic rings. The molecule has 0 saturated carbocycles. The lowest BCUT2D eigenvalue weighted by Gasteiger charge is -2.38. The molecule has 0 N–H and O–H groups in total. The average molecular weight is 717 g/mol. The van der Waals surface area contributed by atoms with Gasteiger partial charge in [-0.2, -0.15) is 0 Å². The van der Waals surface area contributed by atoms with E-state index in [1.807, 2.05) is 0 Å². The summed E-state index contributed by atoms with van der Waals surface area (Å²) in [4.78, 5) is 0. The third kappa shape index (κ3) is 7.89. The first-order valence-electron chi connectivity index (χ1n) is 16.2. The van der Waals surface area contributed by atoms with E-state index in [9.17, 15) is 9.13 Å². The fourth-order valence-corrected chi connectivity index (χ4v) is 11.6. The third-order valence-electron chi connectivity index (χ3n) is 8.37. The highest BCUT2D eigenvalue weighted by Crippen LogP contribution is 2.64. The van der Waals surface area contributed by atoms with Gasteiger partial charge in [-0.1, -0.05) is 0 Å². The van der Waals surface area contributed by atoms with Crippen LogP contribution in [0.25, 0.3) is 0 Å². The van der Waals surface area contributed by atoms with Gasteiger partial charge in [0, 0.05) is 0 Å². The summed E-state index contributed by atoms with van der Waals surface area (Å²) in [5.41, 5.74) is 0. The second-order valence-corrected chi connectivity index (χ2v) is 18.8. The zero-order valence-electron chi connectivity index (χ0n) is 28.7. The summed E-state index contributed by atoms with van der Waals surface area (Å²) < 4.78 is 113. The van der Waals surface area contributed by atoms with Gasteiger partial charge in [-0.3, -0.25) is 9.13 Å². The summed E-state index contributed by atoms with van der Waals surface area (Å²) in [5, 5.41) is 0. The predicted octanol–water partition coefficient (Wildman–Crippen LogP) is 4.23. The molecule has 10 atom stereocenters. The second-order valence-electron chi connectivity index (χ2n) is 14.2. The Kier molecular flexibility index (Phi) is 10.0. The van der Waals surface area contributed by atoms with E-state index in [2.05, 4.69) is 0 Å². The summed E-state index contributed by atoms with van der Waals surface area (Å²) in [7, 11) is -8.22. The Morgan fingerprint density at radius 3 is 1.17 bits per heavy atom. The molecule has 6 fully saturated rings. The Bertz CT molecular complexity index is 1160. The standard InChI is InChI=1S/C29H50O16P2/c1-11-32-46(30,33-12-2)15-47(31,34-13-16-18-20(40-26(3,4)38-18)22-24(36-16)44-28(7,8)42-22)35-14-17-19-21(41-27(5,6)39-19)23-25(37-17)45-29(9,10)43-23/h16-25H,11-15H2,1-10H3/t16-,17-,18+,19+,20+,21+,22-,23-,24-,25-/m1/s1. The van der Waals surface area contributed by atoms with E-state index < -0.39 is 106 Å². The van der Waals surface area contributed by atoms with Crippen molar-refractivity contribution in [1.82, 2.24) is 0 Å². The first kappa shape index (κ1) is 36.7. The molecule has 47 heavy (non-hydrogen) atoms. The first-order chi connectivity index (χ1) is 21.7. The molecule has 6 heterocycles. The largest absolute Gasteiger partial charge is 0.342 e. The highest BCUT2D eigenvalue weighted by atomic mass is 31.2. The van der Waals surface area contributed by atoms with Gasteiger partial charge in [0.25, 0.3) is 0 Å². The molecule has 6 saturated heterocycles. The van der Waals surface area contributed by atoms with Crippen LogP contribution in [0.4, 0.5) is 0 Å². The van der Waals surface area contributed by atoms with E-state index in [4.69, 9.17) is 65.5 Å². The highest BCUT2D eigenvalue weighted by molar-refractivity contribution is 7.71. The molecule has 0 amide bonds. The van der Waals surface area contributed by atoms with Gasteiger partial charge in [0.05, 0.1) is 26.4 Å². The van der Waals surface area contributed by atoms with Crippen molar-refractivity contribution >= 4 is 15.2 Å². The van der Waals surface area contributed by atoms with Crippen LogP contribution in [0.15, 0.2) is 0 Å². The Morgan fingerprint density at radius 1 is 0.468 bits per heavy atom. The molecule has 0 bridgehead atoms. The van der Waals surface area contributed by atoms with Crippen LogP contribution < -0.4 is 0 Å². The molecule has 6 aliphatic rings. The molecule has 18 heteroatoms. The monoisotopic (exact) mass is 716 g/mol. The lowest BCUT2D eigenvalue weighted by atomic mass is 9.99. The molecular weight excluding hydrogens is 666 g/mol. The van der Waals surface area contributed by atoms with Crippen LogP contribution in [0.3, 0.4) is 0 Å². The van der Waals surface area contributed by atoms with Crippen LogP contribution in [0.2, 0.25) is 0 Å². The third-order valence-corrected chi connectivity index (χ3v) is 13.5. The van der Waals surface area contributed by atoms with Crippen LogP contribution in [-0.4, -0.2) is 117 Å². The summed E-state index contributed by atoms with van der Waals surface area (Å²) in [6, 6.07) is 0. The number of ether oxygens (including phenoxy) is 10. The van der Waals surface area contributed by atoms with Gasteiger partial charge in [-0.15, -0.1) is 0 Å². The summed E-state index contributed by atoms with van der Waals surface area (Å²) in [6.07, 6.45) is -6.76. The number of fused-ring (bicyclic) bond motifs is 6. The van der Waals surface area contributed by atoms with Crippen LogP contribution in [0.5, 0.6) is 0 Å². The quantitative estimate of drug-likeness (QED) is 0.264. The molecule has 16 nitrogen and oxygen atoms in total. The number of hydrogen-bond donors (Lipinski definition) is 0. The molecule has 0 radical (unpaired) electrons. The minimum absolute atomic E-state index is 0.0508. The molecule has 0 aliphatic carbocycles. The van der Waals surface area contributed by atoms with Crippen LogP contribution in [0.1, 0.15) is 69.2 Å². The fourth-order valence-electron chi connectivity index (χ4n) is 6.87. The van der Waals surface area contributed by atoms with Gasteiger partial charge in [-0.25, -0.2) is 0 Å². The molecule has 0 unspecified atom stereocenters. The van der Waals surface area contributed by atoms with Crippen LogP contribution in [-0.2, 0) is 74.6 Å². The highest BCUT2D eigenvalue weighted by Gasteiger charge is 2.63. The Labute approximate surface area is 275 Å². The minimum atomic E-state index is -4.29. The summed E-state index contributed by atoms with van der Waals surface area (Å²) in [5.74, 6) is -4.41. The molecule has 6 aliphatic heterocycles. The van der Waals surface area contributed by atoms with Crippen molar-refractivity contribution in [3.05, 3.63) is 0 Å². The number of hydrogen-bond acceptors (Lipinski definition) is 16. The van der Waals surface area contributed by atoms with Crippen molar-refractivity contribution < 1.29 is 74.6 Å². The summed E-state index contributed by atoms with van der Waals surface area (Å²) >= 11 is 0. The lowest BCUT2D eigenvalue weighted by molar-refractivity contribution is -0.241. The average Bonchev–Trinajstić information content (AvgIpc) is 3.63. The number of rotatable bonds is 12. The van der Waals surface area contributed by atoms with E-state index in [-0.39, 0.29) is 26.4 Å².